The van der Waals surface area contributed by atoms with Gasteiger partial charge in [-0.05, 0) is 64.9 Å². The fraction of sp³-hybridized carbons (Fsp3) is 0.706. The van der Waals surface area contributed by atoms with E-state index in [9.17, 15) is 39.0 Å². The third-order valence-electron chi connectivity index (χ3n) is 9.99. The minimum Gasteiger partial charge on any atom is -0.469 e. The molecule has 1 unspecified atom stereocenters. The lowest BCUT2D eigenvalue weighted by Gasteiger charge is -2.65. The van der Waals surface area contributed by atoms with Crippen LogP contribution in [0.15, 0.2) is 23.0 Å². The zero-order valence-corrected chi connectivity index (χ0v) is 29.2. The van der Waals surface area contributed by atoms with Crippen LogP contribution >= 0.6 is 0 Å². The molecule has 15 nitrogen and oxygen atoms in total. The molecule has 9 atom stereocenters. The number of hydrogen-bond acceptors (Lipinski definition) is 14. The maximum absolute atomic E-state index is 13.8. The second kappa shape index (κ2) is 14.2. The molecule has 2 heterocycles. The summed E-state index contributed by atoms with van der Waals surface area (Å²) < 4.78 is 33.2. The molecule has 1 amide bonds. The van der Waals surface area contributed by atoms with Gasteiger partial charge in [-0.2, -0.15) is 0 Å². The smallest absolute Gasteiger partial charge is 0.408 e. The Bertz CT molecular complexity index is 1440. The Hall–Kier alpha value is -3.82. The maximum atomic E-state index is 13.8. The summed E-state index contributed by atoms with van der Waals surface area (Å²) in [7, 11) is 1.17. The molecule has 0 aromatic rings. The molecular formula is C34H47NO14. The predicted octanol–water partition coefficient (Wildman–Crippen LogP) is 1.66. The summed E-state index contributed by atoms with van der Waals surface area (Å²) >= 11 is 0. The highest BCUT2D eigenvalue weighted by Crippen LogP contribution is 2.67. The Morgan fingerprint density at radius 3 is 2.39 bits per heavy atom. The Labute approximate surface area is 284 Å². The van der Waals surface area contributed by atoms with Crippen LogP contribution in [-0.4, -0.2) is 103 Å². The Morgan fingerprint density at radius 1 is 1.10 bits per heavy atom. The van der Waals surface area contributed by atoms with E-state index in [-0.39, 0.29) is 31.8 Å². The van der Waals surface area contributed by atoms with E-state index in [1.54, 1.807) is 48.5 Å². The van der Waals surface area contributed by atoms with Crippen molar-refractivity contribution in [1.29, 1.82) is 0 Å². The lowest BCUT2D eigenvalue weighted by molar-refractivity contribution is -0.266. The molecule has 1 saturated carbocycles. The first-order chi connectivity index (χ1) is 22.7. The van der Waals surface area contributed by atoms with Crippen molar-refractivity contribution in [2.75, 3.05) is 26.9 Å². The quantitative estimate of drug-likeness (QED) is 0.197. The van der Waals surface area contributed by atoms with E-state index in [0.717, 1.165) is 0 Å². The minimum atomic E-state index is -1.61. The highest BCUT2D eigenvalue weighted by molar-refractivity contribution is 5.98. The number of Topliss-reactive ketones (excluding diaryl/α,β-unsaturated/α-hetero) is 1. The van der Waals surface area contributed by atoms with E-state index in [0.29, 0.717) is 11.1 Å². The second-order valence-electron chi connectivity index (χ2n) is 14.8. The molecule has 4 aliphatic rings. The molecule has 1 spiro atoms. The van der Waals surface area contributed by atoms with Crippen LogP contribution < -0.4 is 5.32 Å². The van der Waals surface area contributed by atoms with Crippen LogP contribution in [0.1, 0.15) is 67.7 Å². The zero-order chi connectivity index (χ0) is 36.6. The molecule has 3 fully saturated rings. The van der Waals surface area contributed by atoms with Crippen LogP contribution in [0.5, 0.6) is 0 Å². The highest BCUT2D eigenvalue weighted by Gasteiger charge is 2.72. The maximum Gasteiger partial charge on any atom is 0.408 e. The molecule has 0 aromatic heterocycles. The SMILES string of the molecule is COC(=O)C[C@@H]1[C@@H](OC(=O)C=C(C)C)C(=O)O[C@@H]2C[C@H]3C(C)=C(OC(=O)CNC(=O)OC(C)(C)C)C(=O)C[C@]3(C)C3[C@@H](O)[C@H](O)COC[C@@]312. The second-order valence-corrected chi connectivity index (χ2v) is 14.8. The average molecular weight is 694 g/mol. The zero-order valence-electron chi connectivity index (χ0n) is 29.2. The van der Waals surface area contributed by atoms with E-state index < -0.39 is 107 Å². The summed E-state index contributed by atoms with van der Waals surface area (Å²) in [5.41, 5.74) is -2.51. The summed E-state index contributed by atoms with van der Waals surface area (Å²) in [4.78, 5) is 78.1. The number of carbonyl (C=O) groups excluding carboxylic acids is 6. The van der Waals surface area contributed by atoms with Gasteiger partial charge in [0.25, 0.3) is 0 Å². The van der Waals surface area contributed by atoms with E-state index in [1.165, 1.54) is 13.2 Å². The molecule has 0 bridgehead atoms. The lowest BCUT2D eigenvalue weighted by atomic mass is 9.41. The average Bonchev–Trinajstić information content (AvgIpc) is 3.11. The Balaban J connectivity index is 1.78. The normalized spacial score (nSPS) is 34.1. The van der Waals surface area contributed by atoms with E-state index in [4.69, 9.17) is 28.4 Å². The van der Waals surface area contributed by atoms with E-state index in [2.05, 4.69) is 5.32 Å². The number of nitrogens with one attached hydrogen (secondary N) is 1. The molecular weight excluding hydrogens is 646 g/mol. The summed E-state index contributed by atoms with van der Waals surface area (Å²) in [5.74, 6) is -7.12. The first-order valence-electron chi connectivity index (χ1n) is 16.2. The van der Waals surface area contributed by atoms with Crippen molar-refractivity contribution in [3.05, 3.63) is 23.0 Å². The van der Waals surface area contributed by atoms with Crippen molar-refractivity contribution in [3.8, 4) is 0 Å². The van der Waals surface area contributed by atoms with Crippen molar-refractivity contribution < 1.29 is 67.4 Å². The molecule has 0 aromatic carbocycles. The van der Waals surface area contributed by atoms with Gasteiger partial charge in [-0.1, -0.05) is 12.5 Å². The summed E-state index contributed by atoms with van der Waals surface area (Å²) in [6.45, 7) is 10.5. The molecule has 2 aliphatic heterocycles. The molecule has 2 saturated heterocycles. The van der Waals surface area contributed by atoms with Crippen molar-refractivity contribution in [2.45, 2.75) is 97.7 Å². The van der Waals surface area contributed by atoms with Gasteiger partial charge < -0.3 is 44.0 Å². The predicted molar refractivity (Wildman–Crippen MR) is 167 cm³/mol. The molecule has 15 heteroatoms. The molecule has 272 valence electrons. The van der Waals surface area contributed by atoms with Crippen molar-refractivity contribution in [1.82, 2.24) is 5.32 Å². The van der Waals surface area contributed by atoms with Gasteiger partial charge in [0.2, 0.25) is 6.10 Å². The lowest BCUT2D eigenvalue weighted by Crippen LogP contribution is -2.71. The number of allylic oxidation sites excluding steroid dienone is 3. The number of amides is 1. The molecule has 3 N–H and O–H groups in total. The molecule has 49 heavy (non-hydrogen) atoms. The number of esters is 4. The van der Waals surface area contributed by atoms with Crippen LogP contribution in [0.2, 0.25) is 0 Å². The summed E-state index contributed by atoms with van der Waals surface area (Å²) in [6.07, 6.45) is -5.99. The minimum absolute atomic E-state index is 0.0492. The van der Waals surface area contributed by atoms with E-state index in [1.807, 2.05) is 0 Å². The van der Waals surface area contributed by atoms with E-state index >= 15 is 0 Å². The van der Waals surface area contributed by atoms with Crippen LogP contribution in [0, 0.1) is 28.6 Å². The number of methoxy groups -OCH3 is 1. The fourth-order valence-electron chi connectivity index (χ4n) is 8.23. The van der Waals surface area contributed by atoms with Crippen molar-refractivity contribution in [3.63, 3.8) is 0 Å². The summed E-state index contributed by atoms with van der Waals surface area (Å²) in [6, 6.07) is 0. The summed E-state index contributed by atoms with van der Waals surface area (Å²) in [5, 5.41) is 25.2. The number of fused-ring (bicyclic) bond motifs is 2. The third-order valence-corrected chi connectivity index (χ3v) is 9.99. The van der Waals surface area contributed by atoms with Crippen molar-refractivity contribution >= 4 is 35.8 Å². The van der Waals surface area contributed by atoms with Gasteiger partial charge >= 0.3 is 30.0 Å². The van der Waals surface area contributed by atoms with Gasteiger partial charge in [-0.25, -0.2) is 19.2 Å². The third kappa shape index (κ3) is 7.53. The Kier molecular flexibility index (Phi) is 11.0. The van der Waals surface area contributed by atoms with Gasteiger partial charge in [-0.15, -0.1) is 0 Å². The van der Waals surface area contributed by atoms with Crippen molar-refractivity contribution in [2.24, 2.45) is 28.6 Å². The molecule has 2 aliphatic carbocycles. The van der Waals surface area contributed by atoms with Gasteiger partial charge in [-0.3, -0.25) is 9.59 Å². The van der Waals surface area contributed by atoms with Gasteiger partial charge in [0.05, 0.1) is 32.8 Å². The first kappa shape index (κ1) is 38.0. The number of hydrogen-bond donors (Lipinski definition) is 3. The molecule has 4 rings (SSSR count). The largest absolute Gasteiger partial charge is 0.469 e. The van der Waals surface area contributed by atoms with Crippen LogP contribution in [-0.2, 0) is 52.4 Å². The number of aliphatic hydroxyl groups excluding tert-OH is 2. The van der Waals surface area contributed by atoms with Gasteiger partial charge in [0, 0.05) is 29.7 Å². The monoisotopic (exact) mass is 693 g/mol. The standard InChI is InChI=1S/C34H47NO14/c1-16(2)9-24(39)47-28-19(11-23(38)44-8)34-15-45-14-21(37)26(41)29(34)33(7)12-20(36)27(17(3)18(33)10-22(34)46-30(28)42)48-25(40)13-35-31(43)49-32(4,5)6/h9,18-19,21-22,26,28-29,37,41H,10-15H2,1-8H3,(H,35,43)/t18-,19+,21+,22+,26-,28+,29?,33-,34+/m0/s1. The number of aliphatic hydroxyl groups is 2. The number of ketones is 1. The number of rotatable bonds is 7. The topological polar surface area (TPSA) is 210 Å². The van der Waals surface area contributed by atoms with Crippen LogP contribution in [0.25, 0.3) is 0 Å². The Morgan fingerprint density at radius 2 is 1.78 bits per heavy atom. The number of alkyl carbamates (subject to hydrolysis) is 1. The molecule has 0 radical (unpaired) electrons. The highest BCUT2D eigenvalue weighted by atomic mass is 16.6. The van der Waals surface area contributed by atoms with Crippen LogP contribution in [0.4, 0.5) is 4.79 Å². The van der Waals surface area contributed by atoms with Gasteiger partial charge in [0.1, 0.15) is 24.4 Å². The van der Waals surface area contributed by atoms with Crippen LogP contribution in [0.3, 0.4) is 0 Å². The number of carbonyl (C=O) groups is 6. The number of ether oxygens (including phenoxy) is 6. The fourth-order valence-corrected chi connectivity index (χ4v) is 8.23. The van der Waals surface area contributed by atoms with Gasteiger partial charge in [0.15, 0.2) is 11.5 Å². The first-order valence-corrected chi connectivity index (χ1v) is 16.2.